The van der Waals surface area contributed by atoms with Crippen molar-refractivity contribution in [2.45, 2.75) is 26.4 Å². The number of halogens is 1. The van der Waals surface area contributed by atoms with E-state index in [1.54, 1.807) is 7.11 Å². The van der Waals surface area contributed by atoms with Crippen molar-refractivity contribution in [3.63, 3.8) is 0 Å². The van der Waals surface area contributed by atoms with Gasteiger partial charge in [0.1, 0.15) is 0 Å². The second-order valence-electron chi connectivity index (χ2n) is 7.99. The van der Waals surface area contributed by atoms with E-state index in [9.17, 15) is 0 Å². The first-order chi connectivity index (χ1) is 15.1. The molecule has 3 aromatic rings. The predicted octanol–water partition coefficient (Wildman–Crippen LogP) is 3.50. The van der Waals surface area contributed by atoms with E-state index in [1.165, 1.54) is 16.8 Å². The number of hydrogen-bond donors (Lipinski definition) is 0. The fraction of sp³-hybridized carbons (Fsp3) is 0.435. The summed E-state index contributed by atoms with van der Waals surface area (Å²) >= 11 is 6.63. The number of ether oxygens (including phenoxy) is 1. The maximum atomic E-state index is 6.63. The fourth-order valence-electron chi connectivity index (χ4n) is 4.22. The summed E-state index contributed by atoms with van der Waals surface area (Å²) in [4.78, 5) is 4.90. The lowest BCUT2D eigenvalue weighted by atomic mass is 10.0. The van der Waals surface area contributed by atoms with Crippen molar-refractivity contribution >= 4 is 17.3 Å². The molecule has 1 saturated heterocycles. The monoisotopic (exact) mass is 440 g/mol. The van der Waals surface area contributed by atoms with E-state index in [4.69, 9.17) is 16.3 Å². The van der Waals surface area contributed by atoms with Crippen LogP contribution < -0.4 is 4.90 Å². The van der Waals surface area contributed by atoms with Crippen LogP contribution in [0.1, 0.15) is 28.6 Å². The third-order valence-corrected chi connectivity index (χ3v) is 6.24. The van der Waals surface area contributed by atoms with Gasteiger partial charge in [-0.05, 0) is 53.1 Å². The highest BCUT2D eigenvalue weighted by Crippen LogP contribution is 2.33. The summed E-state index contributed by atoms with van der Waals surface area (Å²) in [5.41, 5.74) is 4.94. The molecule has 2 aromatic carbocycles. The van der Waals surface area contributed by atoms with Crippen LogP contribution in [0.3, 0.4) is 0 Å². The van der Waals surface area contributed by atoms with Crippen LogP contribution in [0, 0.1) is 13.8 Å². The van der Waals surface area contributed by atoms with Crippen LogP contribution in [0.2, 0.25) is 5.02 Å². The van der Waals surface area contributed by atoms with E-state index in [2.05, 4.69) is 63.4 Å². The lowest BCUT2D eigenvalue weighted by Gasteiger charge is -2.40. The largest absolute Gasteiger partial charge is 0.383 e. The van der Waals surface area contributed by atoms with E-state index in [-0.39, 0.29) is 6.04 Å². The number of methoxy groups -OCH3 is 1. The number of piperazine rings is 1. The zero-order valence-electron chi connectivity index (χ0n) is 18.3. The summed E-state index contributed by atoms with van der Waals surface area (Å²) in [7, 11) is 1.68. The number of aryl methyl sites for hydroxylation is 2. The molecule has 0 saturated carbocycles. The van der Waals surface area contributed by atoms with Gasteiger partial charge >= 0.3 is 0 Å². The number of rotatable bonds is 7. The molecular formula is C23H29ClN6O. The number of nitrogens with zero attached hydrogens (tertiary/aromatic N) is 6. The van der Waals surface area contributed by atoms with Crippen LogP contribution in [0.15, 0.2) is 42.5 Å². The molecule has 0 aliphatic carbocycles. The van der Waals surface area contributed by atoms with Crippen molar-refractivity contribution in [3.8, 4) is 0 Å². The van der Waals surface area contributed by atoms with Gasteiger partial charge in [-0.15, -0.1) is 5.10 Å². The van der Waals surface area contributed by atoms with Crippen molar-refractivity contribution in [1.82, 2.24) is 25.1 Å². The Morgan fingerprint density at radius 2 is 1.84 bits per heavy atom. The van der Waals surface area contributed by atoms with Gasteiger partial charge in [-0.1, -0.05) is 41.9 Å². The van der Waals surface area contributed by atoms with Crippen molar-refractivity contribution in [1.29, 1.82) is 0 Å². The topological polar surface area (TPSA) is 59.3 Å². The van der Waals surface area contributed by atoms with E-state index in [0.717, 1.165) is 42.6 Å². The molecule has 1 aromatic heterocycles. The molecule has 1 aliphatic rings. The van der Waals surface area contributed by atoms with Crippen LogP contribution in [0.25, 0.3) is 0 Å². The van der Waals surface area contributed by atoms with Gasteiger partial charge in [0.15, 0.2) is 5.82 Å². The average Bonchev–Trinajstić information content (AvgIpc) is 3.24. The van der Waals surface area contributed by atoms with Crippen LogP contribution in [-0.4, -0.2) is 65.0 Å². The van der Waals surface area contributed by atoms with Gasteiger partial charge in [-0.2, -0.15) is 0 Å². The Morgan fingerprint density at radius 3 is 2.58 bits per heavy atom. The molecule has 0 bridgehead atoms. The minimum atomic E-state index is -0.110. The van der Waals surface area contributed by atoms with Gasteiger partial charge in [-0.3, -0.25) is 4.90 Å². The Labute approximate surface area is 188 Å². The first kappa shape index (κ1) is 21.7. The first-order valence-electron chi connectivity index (χ1n) is 10.6. The Balaban J connectivity index is 1.61. The SMILES string of the molecule is COCCn1nnnc1C(c1ccccc1Cl)N1CCN(c2cc(C)ccc2C)CC1. The zero-order chi connectivity index (χ0) is 21.8. The molecule has 0 radical (unpaired) electrons. The second kappa shape index (κ2) is 9.77. The van der Waals surface area contributed by atoms with E-state index in [0.29, 0.717) is 13.2 Å². The second-order valence-corrected chi connectivity index (χ2v) is 8.40. The highest BCUT2D eigenvalue weighted by molar-refractivity contribution is 6.31. The summed E-state index contributed by atoms with van der Waals surface area (Å²) < 4.78 is 7.07. The molecule has 8 heteroatoms. The highest BCUT2D eigenvalue weighted by atomic mass is 35.5. The van der Waals surface area contributed by atoms with Crippen molar-refractivity contribution in [2.75, 3.05) is 44.8 Å². The van der Waals surface area contributed by atoms with Crippen molar-refractivity contribution in [3.05, 3.63) is 70.0 Å². The fourth-order valence-corrected chi connectivity index (χ4v) is 4.46. The van der Waals surface area contributed by atoms with Crippen LogP contribution in [0.5, 0.6) is 0 Å². The molecule has 4 rings (SSSR count). The van der Waals surface area contributed by atoms with Gasteiger partial charge in [0.2, 0.25) is 0 Å². The van der Waals surface area contributed by atoms with E-state index < -0.39 is 0 Å². The smallest absolute Gasteiger partial charge is 0.173 e. The number of benzene rings is 2. The summed E-state index contributed by atoms with van der Waals surface area (Å²) in [5.74, 6) is 0.797. The van der Waals surface area contributed by atoms with E-state index in [1.807, 2.05) is 22.9 Å². The summed E-state index contributed by atoms with van der Waals surface area (Å²) in [6.45, 7) is 9.12. The summed E-state index contributed by atoms with van der Waals surface area (Å²) in [6.07, 6.45) is 0. The Bertz CT molecular complexity index is 1010. The molecule has 0 N–H and O–H groups in total. The first-order valence-corrected chi connectivity index (χ1v) is 11.0. The van der Waals surface area contributed by atoms with Crippen molar-refractivity contribution < 1.29 is 4.74 Å². The molecule has 1 fully saturated rings. The van der Waals surface area contributed by atoms with Crippen LogP contribution >= 0.6 is 11.6 Å². The molecule has 31 heavy (non-hydrogen) atoms. The molecule has 1 unspecified atom stereocenters. The lowest BCUT2D eigenvalue weighted by molar-refractivity contribution is 0.172. The third-order valence-electron chi connectivity index (χ3n) is 5.90. The summed E-state index contributed by atoms with van der Waals surface area (Å²) in [5, 5.41) is 13.3. The van der Waals surface area contributed by atoms with Gasteiger partial charge in [0, 0.05) is 44.0 Å². The molecule has 2 heterocycles. The zero-order valence-corrected chi connectivity index (χ0v) is 19.1. The maximum absolute atomic E-state index is 6.63. The maximum Gasteiger partial charge on any atom is 0.173 e. The average molecular weight is 441 g/mol. The highest BCUT2D eigenvalue weighted by Gasteiger charge is 2.32. The van der Waals surface area contributed by atoms with Crippen molar-refractivity contribution in [2.24, 2.45) is 0 Å². The predicted molar refractivity (Wildman–Crippen MR) is 123 cm³/mol. The standard InChI is InChI=1S/C23H29ClN6O/c1-17-8-9-18(2)21(16-17)28-10-12-29(13-11-28)22(19-6-4-5-7-20(19)24)23-25-26-27-30(23)14-15-31-3/h4-9,16,22H,10-15H2,1-3H3. The minimum absolute atomic E-state index is 0.110. The third kappa shape index (κ3) is 4.74. The summed E-state index contributed by atoms with van der Waals surface area (Å²) in [6, 6.07) is 14.5. The number of anilines is 1. The lowest BCUT2D eigenvalue weighted by Crippen LogP contribution is -2.48. The Morgan fingerprint density at radius 1 is 1.06 bits per heavy atom. The quantitative estimate of drug-likeness (QED) is 0.560. The Hall–Kier alpha value is -2.48. The normalized spacial score (nSPS) is 15.9. The van der Waals surface area contributed by atoms with Gasteiger partial charge < -0.3 is 9.64 Å². The van der Waals surface area contributed by atoms with Crippen LogP contribution in [0.4, 0.5) is 5.69 Å². The van der Waals surface area contributed by atoms with Gasteiger partial charge in [0.25, 0.3) is 0 Å². The van der Waals surface area contributed by atoms with Gasteiger partial charge in [-0.25, -0.2) is 4.68 Å². The van der Waals surface area contributed by atoms with Crippen LogP contribution in [-0.2, 0) is 11.3 Å². The number of tetrazole rings is 1. The molecular weight excluding hydrogens is 412 g/mol. The molecule has 1 aliphatic heterocycles. The molecule has 0 amide bonds. The van der Waals surface area contributed by atoms with Gasteiger partial charge in [0.05, 0.1) is 19.2 Å². The van der Waals surface area contributed by atoms with E-state index >= 15 is 0 Å². The minimum Gasteiger partial charge on any atom is -0.383 e. The molecule has 0 spiro atoms. The number of hydrogen-bond acceptors (Lipinski definition) is 6. The molecule has 7 nitrogen and oxygen atoms in total. The molecule has 164 valence electrons. The molecule has 1 atom stereocenters. The Kier molecular flexibility index (Phi) is 6.85. The number of aromatic nitrogens is 4.